The number of fused-ring (bicyclic) bond motifs is 1. The molecule has 2 heterocycles. The van der Waals surface area contributed by atoms with Gasteiger partial charge in [0, 0.05) is 55.7 Å². The highest BCUT2D eigenvalue weighted by Gasteiger charge is 2.25. The SMILES string of the molecule is CCN1CCN(C(=O)c2cc3cc(NC(=O)CC(C)(C)C)ccc3n2Cc2ccc(C(C)(C)C)cc2)CC1. The molecule has 1 aromatic heterocycles. The van der Waals surface area contributed by atoms with E-state index < -0.39 is 0 Å². The third kappa shape index (κ3) is 6.65. The summed E-state index contributed by atoms with van der Waals surface area (Å²) >= 11 is 0. The van der Waals surface area contributed by atoms with Crippen molar-refractivity contribution in [3.05, 3.63) is 65.4 Å². The Kier molecular flexibility index (Phi) is 8.03. The molecule has 0 atom stereocenters. The number of hydrogen-bond acceptors (Lipinski definition) is 3. The van der Waals surface area contributed by atoms with Crippen LogP contribution in [0.4, 0.5) is 5.69 Å². The molecular formula is C32H44N4O2. The number of nitrogens with zero attached hydrogens (tertiary/aromatic N) is 3. The van der Waals surface area contributed by atoms with Crippen LogP contribution in [0, 0.1) is 5.41 Å². The second-order valence-electron chi connectivity index (χ2n) is 12.8. The van der Waals surface area contributed by atoms with Gasteiger partial charge in [-0.2, -0.15) is 0 Å². The van der Waals surface area contributed by atoms with E-state index in [0.29, 0.717) is 18.7 Å². The van der Waals surface area contributed by atoms with Crippen molar-refractivity contribution in [2.24, 2.45) is 5.41 Å². The van der Waals surface area contributed by atoms with Gasteiger partial charge in [0.05, 0.1) is 0 Å². The van der Waals surface area contributed by atoms with Crippen molar-refractivity contribution in [1.29, 1.82) is 0 Å². The van der Waals surface area contributed by atoms with Crippen LogP contribution >= 0.6 is 0 Å². The lowest BCUT2D eigenvalue weighted by Crippen LogP contribution is -2.48. The molecule has 1 fully saturated rings. The van der Waals surface area contributed by atoms with Crippen LogP contribution in [0.25, 0.3) is 10.9 Å². The Morgan fingerprint density at radius 2 is 1.53 bits per heavy atom. The first-order chi connectivity index (χ1) is 17.8. The molecule has 0 unspecified atom stereocenters. The van der Waals surface area contributed by atoms with Crippen LogP contribution < -0.4 is 5.32 Å². The minimum atomic E-state index is -0.0819. The molecule has 1 aliphatic rings. The number of piperazine rings is 1. The first-order valence-corrected chi connectivity index (χ1v) is 13.9. The summed E-state index contributed by atoms with van der Waals surface area (Å²) in [5.41, 5.74) is 4.91. The number of nitrogens with one attached hydrogen (secondary N) is 1. The van der Waals surface area contributed by atoms with Gasteiger partial charge in [-0.1, -0.05) is 72.7 Å². The summed E-state index contributed by atoms with van der Waals surface area (Å²) in [5.74, 6) is 0.0712. The molecule has 204 valence electrons. The molecule has 0 spiro atoms. The predicted molar refractivity (Wildman–Crippen MR) is 157 cm³/mol. The van der Waals surface area contributed by atoms with Gasteiger partial charge in [0.15, 0.2) is 0 Å². The molecule has 0 aliphatic carbocycles. The van der Waals surface area contributed by atoms with E-state index in [1.165, 1.54) is 5.56 Å². The zero-order valence-electron chi connectivity index (χ0n) is 24.2. The van der Waals surface area contributed by atoms with Crippen molar-refractivity contribution in [2.75, 3.05) is 38.0 Å². The monoisotopic (exact) mass is 516 g/mol. The van der Waals surface area contributed by atoms with Crippen molar-refractivity contribution in [3.8, 4) is 0 Å². The second kappa shape index (κ2) is 10.9. The molecule has 3 aromatic rings. The number of aromatic nitrogens is 1. The molecule has 6 heteroatoms. The number of rotatable bonds is 6. The highest BCUT2D eigenvalue weighted by molar-refractivity contribution is 6.00. The Bertz CT molecular complexity index is 1280. The lowest BCUT2D eigenvalue weighted by Gasteiger charge is -2.34. The summed E-state index contributed by atoms with van der Waals surface area (Å²) in [7, 11) is 0. The lowest BCUT2D eigenvalue weighted by atomic mass is 9.87. The molecule has 2 aromatic carbocycles. The molecule has 4 rings (SSSR count). The molecule has 1 N–H and O–H groups in total. The Hall–Kier alpha value is -3.12. The van der Waals surface area contributed by atoms with Gasteiger partial charge in [-0.05, 0) is 52.8 Å². The number of benzene rings is 2. The fraction of sp³-hybridized carbons (Fsp3) is 0.500. The standard InChI is InChI=1S/C32H44N4O2/c1-8-34-15-17-35(18-16-34)30(38)28-20-24-19-26(33-29(37)21-31(2,3)4)13-14-27(24)36(28)22-23-9-11-25(12-10-23)32(5,6)7/h9-14,19-20H,8,15-18,21-22H2,1-7H3,(H,33,37). The average Bonchev–Trinajstić information content (AvgIpc) is 3.19. The Morgan fingerprint density at radius 1 is 0.868 bits per heavy atom. The highest BCUT2D eigenvalue weighted by atomic mass is 16.2. The third-order valence-electron chi connectivity index (χ3n) is 7.36. The zero-order valence-corrected chi connectivity index (χ0v) is 24.2. The van der Waals surface area contributed by atoms with Gasteiger partial charge >= 0.3 is 0 Å². The summed E-state index contributed by atoms with van der Waals surface area (Å²) in [5, 5.41) is 4.00. The van der Waals surface area contributed by atoms with E-state index in [-0.39, 0.29) is 22.6 Å². The van der Waals surface area contributed by atoms with Gasteiger partial charge in [0.1, 0.15) is 5.69 Å². The van der Waals surface area contributed by atoms with Crippen LogP contribution in [-0.2, 0) is 16.8 Å². The Balaban J connectivity index is 1.67. The van der Waals surface area contributed by atoms with E-state index in [4.69, 9.17) is 0 Å². The minimum Gasteiger partial charge on any atom is -0.335 e. The Labute approximate surface area is 228 Å². The van der Waals surface area contributed by atoms with Crippen LogP contribution in [0.15, 0.2) is 48.5 Å². The van der Waals surface area contributed by atoms with Crippen LogP contribution in [0.2, 0.25) is 0 Å². The summed E-state index contributed by atoms with van der Waals surface area (Å²) in [4.78, 5) is 30.7. The molecule has 1 saturated heterocycles. The van der Waals surface area contributed by atoms with E-state index >= 15 is 0 Å². The molecule has 2 amide bonds. The van der Waals surface area contributed by atoms with Crippen molar-refractivity contribution in [2.45, 2.75) is 66.8 Å². The normalized spacial score (nSPS) is 15.2. The first-order valence-electron chi connectivity index (χ1n) is 13.9. The maximum absolute atomic E-state index is 13.8. The predicted octanol–water partition coefficient (Wildman–Crippen LogP) is 6.14. The average molecular weight is 517 g/mol. The lowest BCUT2D eigenvalue weighted by molar-refractivity contribution is -0.117. The van der Waals surface area contributed by atoms with Crippen LogP contribution in [0.5, 0.6) is 0 Å². The van der Waals surface area contributed by atoms with Crippen molar-refractivity contribution in [1.82, 2.24) is 14.4 Å². The highest BCUT2D eigenvalue weighted by Crippen LogP contribution is 2.28. The second-order valence-corrected chi connectivity index (χ2v) is 12.8. The molecule has 6 nitrogen and oxygen atoms in total. The van der Waals surface area contributed by atoms with Crippen molar-refractivity contribution in [3.63, 3.8) is 0 Å². The van der Waals surface area contributed by atoms with Crippen LogP contribution in [-0.4, -0.2) is 58.9 Å². The summed E-state index contributed by atoms with van der Waals surface area (Å²) in [6.07, 6.45) is 0.448. The van der Waals surface area contributed by atoms with E-state index in [2.05, 4.69) is 87.5 Å². The molecule has 0 saturated carbocycles. The number of anilines is 1. The molecule has 1 aliphatic heterocycles. The van der Waals surface area contributed by atoms with E-state index in [0.717, 1.165) is 54.9 Å². The Morgan fingerprint density at radius 3 is 2.11 bits per heavy atom. The summed E-state index contributed by atoms with van der Waals surface area (Å²) in [6, 6.07) is 16.7. The molecule has 0 radical (unpaired) electrons. The number of likely N-dealkylation sites (N-methyl/N-ethyl adjacent to an activating group) is 1. The van der Waals surface area contributed by atoms with E-state index in [1.54, 1.807) is 0 Å². The summed E-state index contributed by atoms with van der Waals surface area (Å²) < 4.78 is 2.14. The molecule has 0 bridgehead atoms. The fourth-order valence-electron chi connectivity index (χ4n) is 5.10. The van der Waals surface area contributed by atoms with Gasteiger partial charge < -0.3 is 19.7 Å². The summed E-state index contributed by atoms with van der Waals surface area (Å²) in [6.45, 7) is 19.9. The van der Waals surface area contributed by atoms with Gasteiger partial charge in [-0.25, -0.2) is 0 Å². The number of carbonyl (C=O) groups is 2. The van der Waals surface area contributed by atoms with Crippen molar-refractivity contribution >= 4 is 28.4 Å². The van der Waals surface area contributed by atoms with Crippen LogP contribution in [0.1, 0.15) is 76.5 Å². The van der Waals surface area contributed by atoms with Gasteiger partial charge in [0.2, 0.25) is 5.91 Å². The van der Waals surface area contributed by atoms with Gasteiger partial charge in [-0.3, -0.25) is 9.59 Å². The van der Waals surface area contributed by atoms with Gasteiger partial charge in [0.25, 0.3) is 5.91 Å². The number of amides is 2. The van der Waals surface area contributed by atoms with Crippen molar-refractivity contribution < 1.29 is 9.59 Å². The number of hydrogen-bond donors (Lipinski definition) is 1. The zero-order chi connectivity index (χ0) is 27.7. The number of carbonyl (C=O) groups excluding carboxylic acids is 2. The smallest absolute Gasteiger partial charge is 0.270 e. The van der Waals surface area contributed by atoms with E-state index in [1.807, 2.05) is 29.2 Å². The van der Waals surface area contributed by atoms with E-state index in [9.17, 15) is 9.59 Å². The largest absolute Gasteiger partial charge is 0.335 e. The first kappa shape index (κ1) is 27.9. The quantitative estimate of drug-likeness (QED) is 0.428. The molecule has 38 heavy (non-hydrogen) atoms. The van der Waals surface area contributed by atoms with Crippen LogP contribution in [0.3, 0.4) is 0 Å². The molecular weight excluding hydrogens is 472 g/mol. The maximum Gasteiger partial charge on any atom is 0.270 e. The fourth-order valence-corrected chi connectivity index (χ4v) is 5.10. The topological polar surface area (TPSA) is 57.6 Å². The van der Waals surface area contributed by atoms with Gasteiger partial charge in [-0.15, -0.1) is 0 Å². The maximum atomic E-state index is 13.8. The third-order valence-corrected chi connectivity index (χ3v) is 7.36. The minimum absolute atomic E-state index is 0.000292.